The quantitative estimate of drug-likeness (QED) is 0.652. The average molecular weight is 384 g/mol. The molecule has 0 saturated carbocycles. The molecule has 4 nitrogen and oxygen atoms in total. The molecule has 0 fully saturated rings. The zero-order chi connectivity index (χ0) is 18.3. The highest BCUT2D eigenvalue weighted by Gasteiger charge is 2.38. The topological polar surface area (TPSA) is 45.2 Å². The van der Waals surface area contributed by atoms with Gasteiger partial charge in [0, 0.05) is 17.3 Å². The summed E-state index contributed by atoms with van der Waals surface area (Å²) in [5, 5.41) is 4.31. The van der Waals surface area contributed by atoms with E-state index >= 15 is 0 Å². The number of fused-ring (bicyclic) bond motifs is 1. The zero-order valence-electron chi connectivity index (χ0n) is 13.9. The smallest absolute Gasteiger partial charge is 0.261 e. The molecule has 26 heavy (non-hydrogen) atoms. The molecule has 0 unspecified atom stereocenters. The van der Waals surface area contributed by atoms with Gasteiger partial charge in [0.25, 0.3) is 5.91 Å². The van der Waals surface area contributed by atoms with E-state index < -0.39 is 6.17 Å². The van der Waals surface area contributed by atoms with Crippen molar-refractivity contribution < 1.29 is 4.79 Å². The van der Waals surface area contributed by atoms with Crippen molar-refractivity contribution in [3.05, 3.63) is 87.5 Å². The van der Waals surface area contributed by atoms with E-state index in [1.165, 1.54) is 0 Å². The van der Waals surface area contributed by atoms with Crippen LogP contribution in [0.4, 0.5) is 11.5 Å². The summed E-state index contributed by atoms with van der Waals surface area (Å²) in [4.78, 5) is 19.1. The molecule has 1 aliphatic heterocycles. The van der Waals surface area contributed by atoms with Gasteiger partial charge in [0.2, 0.25) is 0 Å². The Hall–Kier alpha value is -2.56. The molecule has 0 bridgehead atoms. The minimum Gasteiger partial charge on any atom is -0.359 e. The van der Waals surface area contributed by atoms with Crippen LogP contribution >= 0.6 is 23.2 Å². The van der Waals surface area contributed by atoms with Crippen LogP contribution in [0.2, 0.25) is 10.0 Å². The number of benzene rings is 2. The number of pyridine rings is 1. The van der Waals surface area contributed by atoms with E-state index in [0.717, 1.165) is 11.1 Å². The van der Waals surface area contributed by atoms with E-state index in [-0.39, 0.29) is 5.91 Å². The lowest BCUT2D eigenvalue weighted by molar-refractivity contribution is 0.0992. The molecule has 0 spiro atoms. The number of hydrogen-bond acceptors (Lipinski definition) is 3. The second-order valence-corrected chi connectivity index (χ2v) is 6.91. The van der Waals surface area contributed by atoms with Crippen LogP contribution in [0.5, 0.6) is 0 Å². The molecule has 0 aliphatic carbocycles. The van der Waals surface area contributed by atoms with E-state index in [0.29, 0.717) is 27.1 Å². The van der Waals surface area contributed by atoms with Crippen LogP contribution in [0.15, 0.2) is 60.8 Å². The maximum atomic E-state index is 13.0. The van der Waals surface area contributed by atoms with Gasteiger partial charge in [-0.05, 0) is 36.8 Å². The van der Waals surface area contributed by atoms with Crippen LogP contribution in [-0.4, -0.2) is 10.9 Å². The number of aromatic nitrogens is 1. The Bertz CT molecular complexity index is 968. The molecule has 1 aliphatic rings. The summed E-state index contributed by atoms with van der Waals surface area (Å²) in [7, 11) is 0. The fraction of sp³-hybridized carbons (Fsp3) is 0.100. The van der Waals surface area contributed by atoms with Gasteiger partial charge in [-0.15, -0.1) is 0 Å². The second-order valence-electron chi connectivity index (χ2n) is 6.10. The maximum absolute atomic E-state index is 13.0. The Labute approximate surface area is 161 Å². The van der Waals surface area contributed by atoms with Gasteiger partial charge < -0.3 is 5.32 Å². The number of rotatable bonds is 3. The van der Waals surface area contributed by atoms with Gasteiger partial charge in [0.1, 0.15) is 12.0 Å². The first-order chi connectivity index (χ1) is 12.6. The van der Waals surface area contributed by atoms with E-state index in [9.17, 15) is 4.79 Å². The first kappa shape index (κ1) is 16.9. The van der Waals surface area contributed by atoms with Crippen molar-refractivity contribution >= 4 is 40.6 Å². The second kappa shape index (κ2) is 6.63. The summed E-state index contributed by atoms with van der Waals surface area (Å²) in [6.07, 6.45) is 1.29. The Balaban J connectivity index is 1.82. The fourth-order valence-corrected chi connectivity index (χ4v) is 3.58. The molecule has 2 aromatic carbocycles. The summed E-state index contributed by atoms with van der Waals surface area (Å²) in [6.45, 7) is 1.95. The van der Waals surface area contributed by atoms with Gasteiger partial charge in [-0.2, -0.15) is 0 Å². The Kier molecular flexibility index (Phi) is 4.31. The minimum absolute atomic E-state index is 0.113. The Morgan fingerprint density at radius 3 is 2.42 bits per heavy atom. The Morgan fingerprint density at radius 1 is 1.00 bits per heavy atom. The van der Waals surface area contributed by atoms with Crippen molar-refractivity contribution in [2.75, 3.05) is 10.2 Å². The predicted octanol–water partition coefficient (Wildman–Crippen LogP) is 5.47. The van der Waals surface area contributed by atoms with E-state index in [1.807, 2.05) is 43.3 Å². The highest BCUT2D eigenvalue weighted by atomic mass is 35.5. The number of halogens is 2. The summed E-state index contributed by atoms with van der Waals surface area (Å²) in [5.74, 6) is 0.454. The summed E-state index contributed by atoms with van der Waals surface area (Å²) >= 11 is 12.6. The number of carbonyl (C=O) groups excluding carboxylic acids is 1. The number of para-hydroxylation sites is 1. The number of hydrogen-bond donors (Lipinski definition) is 1. The number of nitrogens with one attached hydrogen (secondary N) is 1. The van der Waals surface area contributed by atoms with Crippen LogP contribution in [-0.2, 0) is 0 Å². The molecule has 0 saturated heterocycles. The maximum Gasteiger partial charge on any atom is 0.261 e. The molecule has 0 radical (unpaired) electrons. The summed E-state index contributed by atoms with van der Waals surface area (Å²) in [5.41, 5.74) is 3.10. The summed E-state index contributed by atoms with van der Waals surface area (Å²) in [6, 6.07) is 16.5. The lowest BCUT2D eigenvalue weighted by Crippen LogP contribution is -2.33. The van der Waals surface area contributed by atoms with Crippen molar-refractivity contribution in [3.63, 3.8) is 0 Å². The van der Waals surface area contributed by atoms with E-state index in [1.54, 1.807) is 29.3 Å². The SMILES string of the molecule is Cc1ccc(N2C(=O)c3ccccc3[C@H]2Nc2c(Cl)cccc2Cl)nc1. The highest BCUT2D eigenvalue weighted by Crippen LogP contribution is 2.40. The third-order valence-corrected chi connectivity index (χ3v) is 4.98. The number of amides is 1. The number of aryl methyl sites for hydroxylation is 1. The van der Waals surface area contributed by atoms with Crippen LogP contribution < -0.4 is 10.2 Å². The number of nitrogens with zero attached hydrogens (tertiary/aromatic N) is 2. The molecule has 1 amide bonds. The first-order valence-electron chi connectivity index (χ1n) is 8.12. The molecular formula is C20H15Cl2N3O. The molecule has 4 rings (SSSR count). The zero-order valence-corrected chi connectivity index (χ0v) is 15.4. The molecule has 1 aromatic heterocycles. The number of carbonyl (C=O) groups is 1. The van der Waals surface area contributed by atoms with Gasteiger partial charge in [0.05, 0.1) is 15.7 Å². The standard InChI is InChI=1S/C20H15Cl2N3O/c1-12-9-10-17(23-11-12)25-19(13-5-2-3-6-14(13)20(25)26)24-18-15(21)7-4-8-16(18)22/h2-11,19,24H,1H3/t19-/m0/s1. The summed E-state index contributed by atoms with van der Waals surface area (Å²) < 4.78 is 0. The van der Waals surface area contributed by atoms with Gasteiger partial charge in [-0.1, -0.05) is 53.5 Å². The van der Waals surface area contributed by atoms with Crippen molar-refractivity contribution in [1.82, 2.24) is 4.98 Å². The van der Waals surface area contributed by atoms with Crippen LogP contribution in [0.25, 0.3) is 0 Å². The largest absolute Gasteiger partial charge is 0.359 e. The van der Waals surface area contributed by atoms with Crippen molar-refractivity contribution in [3.8, 4) is 0 Å². The number of anilines is 2. The molecule has 130 valence electrons. The first-order valence-corrected chi connectivity index (χ1v) is 8.87. The third kappa shape index (κ3) is 2.81. The van der Waals surface area contributed by atoms with E-state index in [4.69, 9.17) is 23.2 Å². The minimum atomic E-state index is -0.452. The lowest BCUT2D eigenvalue weighted by Gasteiger charge is -2.27. The fourth-order valence-electron chi connectivity index (χ4n) is 3.07. The van der Waals surface area contributed by atoms with Gasteiger partial charge in [-0.3, -0.25) is 9.69 Å². The normalized spacial score (nSPS) is 15.9. The van der Waals surface area contributed by atoms with Crippen molar-refractivity contribution in [1.29, 1.82) is 0 Å². The molecule has 1 N–H and O–H groups in total. The predicted molar refractivity (Wildman–Crippen MR) is 105 cm³/mol. The van der Waals surface area contributed by atoms with Crippen LogP contribution in [0.1, 0.15) is 27.7 Å². The monoisotopic (exact) mass is 383 g/mol. The van der Waals surface area contributed by atoms with Gasteiger partial charge >= 0.3 is 0 Å². The molecule has 2 heterocycles. The van der Waals surface area contributed by atoms with Crippen molar-refractivity contribution in [2.24, 2.45) is 0 Å². The van der Waals surface area contributed by atoms with Crippen LogP contribution in [0, 0.1) is 6.92 Å². The molecular weight excluding hydrogens is 369 g/mol. The third-order valence-electron chi connectivity index (χ3n) is 4.35. The van der Waals surface area contributed by atoms with Crippen LogP contribution in [0.3, 0.4) is 0 Å². The molecule has 3 aromatic rings. The molecule has 1 atom stereocenters. The van der Waals surface area contributed by atoms with Gasteiger partial charge in [-0.25, -0.2) is 4.98 Å². The van der Waals surface area contributed by atoms with Crippen molar-refractivity contribution in [2.45, 2.75) is 13.1 Å². The average Bonchev–Trinajstić information content (AvgIpc) is 2.92. The Morgan fingerprint density at radius 2 is 1.73 bits per heavy atom. The van der Waals surface area contributed by atoms with Gasteiger partial charge in [0.15, 0.2) is 0 Å². The van der Waals surface area contributed by atoms with E-state index in [2.05, 4.69) is 10.3 Å². The molecule has 6 heteroatoms. The highest BCUT2D eigenvalue weighted by molar-refractivity contribution is 6.39. The lowest BCUT2D eigenvalue weighted by atomic mass is 10.1.